The molecule has 1 heterocycles. The number of fused-ring (bicyclic) bond motifs is 1. The lowest BCUT2D eigenvalue weighted by Gasteiger charge is -2.24. The number of nitrogens with zero attached hydrogens (tertiary/aromatic N) is 2. The highest BCUT2D eigenvalue weighted by Crippen LogP contribution is 2.33. The minimum Gasteiger partial charge on any atom is -0.364 e. The summed E-state index contributed by atoms with van der Waals surface area (Å²) in [6.45, 7) is 2.81. The van der Waals surface area contributed by atoms with Crippen LogP contribution >= 0.6 is 27.5 Å². The van der Waals surface area contributed by atoms with Gasteiger partial charge in [0.15, 0.2) is 0 Å². The van der Waals surface area contributed by atoms with Crippen molar-refractivity contribution in [2.45, 2.75) is 77.4 Å². The highest BCUT2D eigenvalue weighted by molar-refractivity contribution is 9.10. The van der Waals surface area contributed by atoms with Crippen LogP contribution in [0.25, 0.3) is 0 Å². The summed E-state index contributed by atoms with van der Waals surface area (Å²) in [6, 6.07) is 13.1. The van der Waals surface area contributed by atoms with Crippen LogP contribution in [0.15, 0.2) is 51.9 Å². The highest BCUT2D eigenvalue weighted by atomic mass is 79.9. The van der Waals surface area contributed by atoms with E-state index in [0.29, 0.717) is 22.8 Å². The molecule has 33 heavy (non-hydrogen) atoms. The van der Waals surface area contributed by atoms with E-state index in [1.54, 1.807) is 11.0 Å². The molecule has 4 nitrogen and oxygen atoms in total. The summed E-state index contributed by atoms with van der Waals surface area (Å²) in [5.74, 6) is -0.392. The van der Waals surface area contributed by atoms with E-state index in [0.717, 1.165) is 28.6 Å². The van der Waals surface area contributed by atoms with Crippen molar-refractivity contribution in [3.63, 3.8) is 0 Å². The average Bonchev–Trinajstić information content (AvgIpc) is 2.90. The van der Waals surface area contributed by atoms with Gasteiger partial charge in [-0.3, -0.25) is 4.79 Å². The number of carbonyl (C=O) groups is 1. The molecule has 178 valence electrons. The van der Waals surface area contributed by atoms with Gasteiger partial charge in [-0.25, -0.2) is 4.99 Å². The van der Waals surface area contributed by atoms with Gasteiger partial charge in [-0.15, -0.1) is 0 Å². The second-order valence-corrected chi connectivity index (χ2v) is 9.99. The molecule has 0 radical (unpaired) electrons. The van der Waals surface area contributed by atoms with Crippen LogP contribution in [-0.2, 0) is 4.79 Å². The minimum absolute atomic E-state index is 0.392. The first-order chi connectivity index (χ1) is 16.0. The molecule has 0 saturated carbocycles. The number of anilines is 1. The topological polar surface area (TPSA) is 52.9 Å². The van der Waals surface area contributed by atoms with Crippen LogP contribution in [0.3, 0.4) is 0 Å². The third-order valence-corrected chi connectivity index (χ3v) is 6.93. The normalized spacial score (nSPS) is 15.9. The fourth-order valence-corrected chi connectivity index (χ4v) is 4.88. The Balaban J connectivity index is 1.67. The van der Waals surface area contributed by atoms with Crippen LogP contribution in [-0.4, -0.2) is 29.5 Å². The van der Waals surface area contributed by atoms with Crippen molar-refractivity contribution in [2.75, 3.05) is 11.4 Å². The molecule has 0 fully saturated rings. The Morgan fingerprint density at radius 3 is 2.24 bits per heavy atom. The van der Waals surface area contributed by atoms with Crippen molar-refractivity contribution in [1.29, 1.82) is 0 Å². The Morgan fingerprint density at radius 1 is 0.939 bits per heavy atom. The molecule has 0 bridgehead atoms. The molecular formula is C27H34BrClN2O2. The van der Waals surface area contributed by atoms with Gasteiger partial charge in [0.1, 0.15) is 0 Å². The first-order valence-electron chi connectivity index (χ1n) is 12.1. The van der Waals surface area contributed by atoms with Gasteiger partial charge in [0.05, 0.1) is 11.4 Å². The maximum atomic E-state index is 13.1. The molecule has 2 aromatic carbocycles. The summed E-state index contributed by atoms with van der Waals surface area (Å²) in [7, 11) is 0. The van der Waals surface area contributed by atoms with Gasteiger partial charge in [-0.05, 0) is 30.7 Å². The minimum atomic E-state index is -1.45. The van der Waals surface area contributed by atoms with E-state index in [2.05, 4.69) is 27.8 Å². The van der Waals surface area contributed by atoms with Gasteiger partial charge in [-0.1, -0.05) is 110 Å². The third-order valence-electron chi connectivity index (χ3n) is 6.11. The Morgan fingerprint density at radius 2 is 1.58 bits per heavy atom. The summed E-state index contributed by atoms with van der Waals surface area (Å²) >= 11 is 9.98. The zero-order valence-electron chi connectivity index (χ0n) is 19.4. The molecule has 1 atom stereocenters. The molecule has 1 N–H and O–H groups in total. The van der Waals surface area contributed by atoms with Gasteiger partial charge in [0.25, 0.3) is 5.91 Å². The molecule has 1 aliphatic rings. The summed E-state index contributed by atoms with van der Waals surface area (Å²) in [5.41, 5.74) is 2.78. The lowest BCUT2D eigenvalue weighted by molar-refractivity contribution is -0.126. The van der Waals surface area contributed by atoms with E-state index in [9.17, 15) is 9.90 Å². The van der Waals surface area contributed by atoms with E-state index < -0.39 is 12.1 Å². The zero-order valence-corrected chi connectivity index (χ0v) is 21.7. The summed E-state index contributed by atoms with van der Waals surface area (Å²) in [6.07, 6.45) is 10.9. The molecule has 1 unspecified atom stereocenters. The van der Waals surface area contributed by atoms with Gasteiger partial charge in [0, 0.05) is 27.2 Å². The number of carbonyl (C=O) groups excluding carboxylic acids is 1. The number of rotatable bonds is 12. The van der Waals surface area contributed by atoms with Gasteiger partial charge < -0.3 is 10.0 Å². The fraction of sp³-hybridized carbons (Fsp3) is 0.481. The van der Waals surface area contributed by atoms with Crippen molar-refractivity contribution in [1.82, 2.24) is 0 Å². The largest absolute Gasteiger partial charge is 0.364 e. The van der Waals surface area contributed by atoms with Crippen LogP contribution in [0, 0.1) is 0 Å². The Hall–Kier alpha value is -1.69. The second-order valence-electron chi connectivity index (χ2n) is 8.66. The average molecular weight is 534 g/mol. The molecule has 0 saturated heterocycles. The number of halogens is 2. The van der Waals surface area contributed by atoms with Crippen LogP contribution in [0.2, 0.25) is 5.02 Å². The van der Waals surface area contributed by atoms with Crippen molar-refractivity contribution in [3.8, 4) is 0 Å². The summed E-state index contributed by atoms with van der Waals surface area (Å²) < 4.78 is 0.878. The van der Waals surface area contributed by atoms with E-state index in [1.165, 1.54) is 51.4 Å². The van der Waals surface area contributed by atoms with E-state index in [4.69, 9.17) is 11.6 Å². The molecule has 6 heteroatoms. The Labute approximate surface area is 211 Å². The van der Waals surface area contributed by atoms with Crippen molar-refractivity contribution in [3.05, 3.63) is 63.1 Å². The molecule has 1 aliphatic heterocycles. The van der Waals surface area contributed by atoms with Crippen LogP contribution in [0.5, 0.6) is 0 Å². The molecule has 0 spiro atoms. The maximum Gasteiger partial charge on any atom is 0.278 e. The number of aliphatic hydroxyl groups is 1. The van der Waals surface area contributed by atoms with Crippen LogP contribution < -0.4 is 4.90 Å². The fourth-order valence-electron chi connectivity index (χ4n) is 4.29. The number of aliphatic hydroxyl groups excluding tert-OH is 1. The van der Waals surface area contributed by atoms with Crippen molar-refractivity contribution >= 4 is 44.8 Å². The monoisotopic (exact) mass is 532 g/mol. The number of hydrogen-bond donors (Lipinski definition) is 1. The van der Waals surface area contributed by atoms with Gasteiger partial charge in [0.2, 0.25) is 6.23 Å². The predicted octanol–water partition coefficient (Wildman–Crippen LogP) is 7.53. The lowest BCUT2D eigenvalue weighted by Crippen LogP contribution is -2.38. The number of hydrogen-bond acceptors (Lipinski definition) is 3. The smallest absolute Gasteiger partial charge is 0.278 e. The quantitative estimate of drug-likeness (QED) is 0.287. The number of amides is 1. The number of benzene rings is 2. The van der Waals surface area contributed by atoms with Gasteiger partial charge in [-0.2, -0.15) is 0 Å². The summed E-state index contributed by atoms with van der Waals surface area (Å²) in [4.78, 5) is 19.2. The number of unbranched alkanes of at least 4 members (excludes halogenated alkanes) is 9. The molecule has 0 aromatic heterocycles. The first kappa shape index (κ1) is 25.9. The number of aliphatic imine (C=N–C) groups is 1. The standard InChI is InChI=1S/C27H34BrClN2O2/c1-2-3-4-5-6-7-8-9-10-13-18-31-24-17-16-20(28)19-22(24)25(30-26(32)27(31)33)21-14-11-12-15-23(21)29/h11-12,14-17,19,26,32H,2-10,13,18H2,1H3. The maximum absolute atomic E-state index is 13.1. The Kier molecular flexibility index (Phi) is 10.4. The van der Waals surface area contributed by atoms with E-state index >= 15 is 0 Å². The van der Waals surface area contributed by atoms with Crippen LogP contribution in [0.4, 0.5) is 5.69 Å². The third kappa shape index (κ3) is 7.14. The zero-order chi connectivity index (χ0) is 23.6. The first-order valence-corrected chi connectivity index (χ1v) is 13.3. The van der Waals surface area contributed by atoms with Crippen molar-refractivity contribution < 1.29 is 9.90 Å². The van der Waals surface area contributed by atoms with Crippen molar-refractivity contribution in [2.24, 2.45) is 4.99 Å². The molecular weight excluding hydrogens is 500 g/mol. The molecule has 3 rings (SSSR count). The molecule has 0 aliphatic carbocycles. The highest BCUT2D eigenvalue weighted by Gasteiger charge is 2.31. The Bertz CT molecular complexity index is 963. The number of benzodiazepines with no additional fused rings is 1. The predicted molar refractivity (Wildman–Crippen MR) is 141 cm³/mol. The van der Waals surface area contributed by atoms with Crippen LogP contribution in [0.1, 0.15) is 82.3 Å². The van der Waals surface area contributed by atoms with E-state index in [1.807, 2.05) is 36.4 Å². The van der Waals surface area contributed by atoms with Gasteiger partial charge >= 0.3 is 0 Å². The lowest BCUT2D eigenvalue weighted by atomic mass is 10.00. The molecule has 1 amide bonds. The van der Waals surface area contributed by atoms with E-state index in [-0.39, 0.29) is 0 Å². The summed E-state index contributed by atoms with van der Waals surface area (Å²) in [5, 5.41) is 11.2. The molecule has 2 aromatic rings. The SMILES string of the molecule is CCCCCCCCCCCCN1C(=O)C(O)N=C(c2ccccc2Cl)c2cc(Br)ccc21. The second kappa shape index (κ2) is 13.3.